The van der Waals surface area contributed by atoms with Crippen LogP contribution in [-0.2, 0) is 12.6 Å². The number of halogens is 8. The van der Waals surface area contributed by atoms with E-state index in [1.54, 1.807) is 24.3 Å². The Morgan fingerprint density at radius 1 is 0.442 bits per heavy atom. The molecule has 0 saturated heterocycles. The summed E-state index contributed by atoms with van der Waals surface area (Å²) in [6, 6.07) is 27.1. The molecule has 5 heterocycles. The molecule has 25 nitrogen and oxygen atoms in total. The van der Waals surface area contributed by atoms with Crippen LogP contribution < -0.4 is 80.1 Å². The lowest BCUT2D eigenvalue weighted by Crippen LogP contribution is -2.12. The van der Waals surface area contributed by atoms with E-state index in [9.17, 15) is 41.5 Å². The normalized spacial score (nSPS) is 10.4. The van der Waals surface area contributed by atoms with Crippen molar-refractivity contribution >= 4 is 80.5 Å². The summed E-state index contributed by atoms with van der Waals surface area (Å²) in [5, 5.41) is 1.01. The lowest BCUT2D eigenvalue weighted by molar-refractivity contribution is -0.137. The summed E-state index contributed by atoms with van der Waals surface area (Å²) in [4.78, 5) is 87.0. The van der Waals surface area contributed by atoms with E-state index in [1.807, 2.05) is 36.4 Å². The zero-order valence-electron chi connectivity index (χ0n) is 43.7. The lowest BCUT2D eigenvalue weighted by Gasteiger charge is -2.08. The molecule has 446 valence electrons. The number of rotatable bonds is 11. The number of nitrogen functional groups attached to an aromatic ring is 5. The van der Waals surface area contributed by atoms with Gasteiger partial charge in [0.1, 0.15) is 23.0 Å². The van der Waals surface area contributed by atoms with E-state index in [4.69, 9.17) is 87.2 Å². The van der Waals surface area contributed by atoms with Crippen molar-refractivity contribution in [1.82, 2.24) is 49.8 Å². The van der Waals surface area contributed by atoms with Crippen LogP contribution in [0.25, 0.3) is 0 Å². The highest BCUT2D eigenvalue weighted by Crippen LogP contribution is 2.32. The number of hydrogen-bond acceptors (Lipinski definition) is 20. The van der Waals surface area contributed by atoms with Crippen molar-refractivity contribution in [3.8, 4) is 57.5 Å². The van der Waals surface area contributed by atoms with Gasteiger partial charge in [-0.15, -0.1) is 0 Å². The molecule has 0 saturated carbocycles. The Morgan fingerprint density at radius 2 is 0.756 bits per heavy atom. The van der Waals surface area contributed by atoms with E-state index < -0.39 is 45.4 Å². The third-order valence-corrected chi connectivity index (χ3v) is 11.5. The van der Waals surface area contributed by atoms with Gasteiger partial charge in [0, 0.05) is 14.5 Å². The van der Waals surface area contributed by atoms with Crippen LogP contribution in [0, 0.1) is 5.82 Å². The van der Waals surface area contributed by atoms with Gasteiger partial charge < -0.3 is 52.4 Å². The van der Waals surface area contributed by atoms with Crippen molar-refractivity contribution in [3.63, 3.8) is 0 Å². The van der Waals surface area contributed by atoms with E-state index in [0.717, 1.165) is 53.6 Å². The molecule has 0 aliphatic heterocycles. The molecular formula is C53H43BrCl3F4N15O10. The lowest BCUT2D eigenvalue weighted by atomic mass is 10.2. The van der Waals surface area contributed by atoms with Crippen LogP contribution in [0.5, 0.6) is 57.5 Å². The average Bonchev–Trinajstić information content (AvgIpc) is 3.63. The molecule has 10 aromatic rings. The fraction of sp³-hybridized carbons (Fsp3) is 0.0566. The van der Waals surface area contributed by atoms with Crippen molar-refractivity contribution < 1.29 is 41.2 Å². The number of aromatic amines is 5. The van der Waals surface area contributed by atoms with Gasteiger partial charge in [0.25, 0.3) is 27.8 Å². The van der Waals surface area contributed by atoms with Gasteiger partial charge in [-0.05, 0) is 109 Å². The molecule has 0 amide bonds. The monoisotopic (exact) mass is 1310 g/mol. The fourth-order valence-corrected chi connectivity index (χ4v) is 6.96. The molecule has 0 fully saturated rings. The molecule has 0 radical (unpaired) electrons. The Kier molecular flexibility index (Phi) is 22.7. The van der Waals surface area contributed by atoms with E-state index in [-0.39, 0.29) is 75.0 Å². The molecule has 0 atom stereocenters. The third-order valence-electron chi connectivity index (χ3n) is 10.2. The summed E-state index contributed by atoms with van der Waals surface area (Å²) in [5.74, 6) is 0.723. The second kappa shape index (κ2) is 30.2. The highest BCUT2D eigenvalue weighted by atomic mass is 79.9. The fourth-order valence-electron chi connectivity index (χ4n) is 6.09. The van der Waals surface area contributed by atoms with Crippen LogP contribution in [-0.4, -0.2) is 49.8 Å². The number of hydrogen-bond donors (Lipinski definition) is 10. The summed E-state index contributed by atoms with van der Waals surface area (Å²) in [7, 11) is 0. The maximum atomic E-state index is 13.4. The smallest absolute Gasteiger partial charge is 0.416 e. The number of aromatic nitrogens is 10. The minimum atomic E-state index is -4.42. The zero-order valence-corrected chi connectivity index (χ0v) is 47.6. The molecule has 10 rings (SSSR count). The summed E-state index contributed by atoms with van der Waals surface area (Å²) in [6.07, 6.45) is 2.56. The van der Waals surface area contributed by atoms with Gasteiger partial charge in [0.2, 0.25) is 28.7 Å². The predicted molar refractivity (Wildman–Crippen MR) is 316 cm³/mol. The average molecular weight is 1310 g/mol. The zero-order chi connectivity index (χ0) is 62.7. The first-order valence-corrected chi connectivity index (χ1v) is 25.8. The molecule has 0 bridgehead atoms. The first-order chi connectivity index (χ1) is 40.8. The quantitative estimate of drug-likeness (QED) is 0.0538. The Morgan fingerprint density at radius 3 is 1.08 bits per heavy atom. The van der Waals surface area contributed by atoms with Crippen molar-refractivity contribution in [1.29, 1.82) is 0 Å². The first-order valence-electron chi connectivity index (χ1n) is 23.9. The molecule has 33 heteroatoms. The largest absolute Gasteiger partial charge is 0.450 e. The number of aryl methyl sites for hydroxylation is 1. The molecule has 0 aliphatic rings. The van der Waals surface area contributed by atoms with Gasteiger partial charge in [-0.1, -0.05) is 69.8 Å². The van der Waals surface area contributed by atoms with Crippen LogP contribution >= 0.6 is 50.7 Å². The molecular weight excluding hydrogens is 1270 g/mol. The Hall–Kier alpha value is -10.4. The summed E-state index contributed by atoms with van der Waals surface area (Å²) in [6.45, 7) is 2.07. The summed E-state index contributed by atoms with van der Waals surface area (Å²) < 4.78 is 77.5. The third kappa shape index (κ3) is 20.2. The van der Waals surface area contributed by atoms with E-state index in [1.165, 1.54) is 42.4 Å². The molecule has 5 aromatic carbocycles. The highest BCUT2D eigenvalue weighted by molar-refractivity contribution is 9.10. The Balaban J connectivity index is 0.000000172. The minimum Gasteiger partial charge on any atom is -0.450 e. The minimum absolute atomic E-state index is 0.00317. The molecule has 5 aromatic heterocycles. The van der Waals surface area contributed by atoms with Gasteiger partial charge in [0.15, 0.2) is 41.3 Å². The highest BCUT2D eigenvalue weighted by Gasteiger charge is 2.30. The van der Waals surface area contributed by atoms with Gasteiger partial charge in [-0.3, -0.25) is 48.9 Å². The predicted octanol–water partition coefficient (Wildman–Crippen LogP) is 10.2. The standard InChI is InChI=1S/C12H13N3O2.C11H8F3N3O2.C10H8BrN3O2.C10H7Cl2N3O2.C10H7ClFN3O2/c1-2-8-3-5-9(6-4-8)17-10-7-14-12(13)15-11(10)16;12-11(13,14)6-1-3-7(4-2-6)19-8-5-16-10(15)17-9(8)18;11-6-1-3-7(4-2-6)16-8-5-13-10(12)14-9(8)15;2*11-5-1-2-7(6(12)3-5)17-8-4-14-10(13)15-9(8)16/h3-7H,2H2,1H3,(H3,13,14,15,16);1-5H,(H3,15,16,17,18);1-5H,(H3,12,13,14,15);2*1-4H,(H3,13,14,15,16). The summed E-state index contributed by atoms with van der Waals surface area (Å²) >= 11 is 20.5. The van der Waals surface area contributed by atoms with Crippen molar-refractivity contribution in [2.24, 2.45) is 0 Å². The van der Waals surface area contributed by atoms with E-state index >= 15 is 0 Å². The first kappa shape index (κ1) is 64.7. The molecule has 0 spiro atoms. The van der Waals surface area contributed by atoms with E-state index in [2.05, 4.69) is 72.7 Å². The number of nitrogens with zero attached hydrogens (tertiary/aromatic N) is 5. The number of alkyl halides is 3. The van der Waals surface area contributed by atoms with Crippen molar-refractivity contribution in [2.75, 3.05) is 28.7 Å². The van der Waals surface area contributed by atoms with Crippen LogP contribution in [0.2, 0.25) is 15.1 Å². The number of H-pyrrole nitrogens is 5. The molecule has 86 heavy (non-hydrogen) atoms. The molecule has 0 unspecified atom stereocenters. The van der Waals surface area contributed by atoms with Crippen LogP contribution in [0.15, 0.2) is 169 Å². The Labute approximate surface area is 503 Å². The molecule has 0 aliphatic carbocycles. The SMILES string of the molecule is CCc1ccc(Oc2cnc(N)[nH]c2=O)cc1.Nc1ncc(Oc2ccc(Br)cc2)c(=O)[nH]1.Nc1ncc(Oc2ccc(C(F)(F)F)cc2)c(=O)[nH]1.Nc1ncc(Oc2ccc(Cl)cc2Cl)c(=O)[nH]1.Nc1ncc(Oc2ccc(Cl)cc2F)c(=O)[nH]1. The van der Waals surface area contributed by atoms with Crippen LogP contribution in [0.4, 0.5) is 47.3 Å². The second-order valence-electron chi connectivity index (χ2n) is 16.4. The van der Waals surface area contributed by atoms with E-state index in [0.29, 0.717) is 27.3 Å². The topological polar surface area (TPSA) is 405 Å². The maximum absolute atomic E-state index is 13.4. The number of nitrogens with one attached hydrogen (secondary N) is 5. The van der Waals surface area contributed by atoms with Gasteiger partial charge in [-0.25, -0.2) is 29.3 Å². The Bertz CT molecular complexity index is 4130. The van der Waals surface area contributed by atoms with Gasteiger partial charge in [-0.2, -0.15) is 13.2 Å². The van der Waals surface area contributed by atoms with Crippen molar-refractivity contribution in [2.45, 2.75) is 19.5 Å². The number of nitrogens with two attached hydrogens (primary N) is 5. The maximum Gasteiger partial charge on any atom is 0.416 e. The number of anilines is 5. The molecule has 15 N–H and O–H groups in total. The van der Waals surface area contributed by atoms with Crippen LogP contribution in [0.1, 0.15) is 18.1 Å². The number of ether oxygens (including phenoxy) is 5. The number of benzene rings is 5. The van der Waals surface area contributed by atoms with Crippen molar-refractivity contribution in [3.05, 3.63) is 228 Å². The van der Waals surface area contributed by atoms with Gasteiger partial charge in [0.05, 0.1) is 41.6 Å². The summed E-state index contributed by atoms with van der Waals surface area (Å²) in [5.41, 5.74) is 24.4. The van der Waals surface area contributed by atoms with Crippen LogP contribution in [0.3, 0.4) is 0 Å². The van der Waals surface area contributed by atoms with Gasteiger partial charge >= 0.3 is 6.18 Å². The second-order valence-corrected chi connectivity index (χ2v) is 18.6.